The van der Waals surface area contributed by atoms with E-state index in [1.165, 1.54) is 12.1 Å². The first-order chi connectivity index (χ1) is 10.1. The molecule has 0 radical (unpaired) electrons. The highest BCUT2D eigenvalue weighted by atomic mass is 79.9. The number of anilines is 1. The van der Waals surface area contributed by atoms with Crippen molar-refractivity contribution in [2.45, 2.75) is 26.7 Å². The number of nitrogens with one attached hydrogen (secondary N) is 1. The third-order valence-corrected chi connectivity index (χ3v) is 4.24. The Morgan fingerprint density at radius 1 is 1.10 bits per heavy atom. The fraction of sp³-hybridized carbons (Fsp3) is 0.235. The van der Waals surface area contributed by atoms with Gasteiger partial charge in [0, 0.05) is 5.69 Å². The minimum Gasteiger partial charge on any atom is -0.321 e. The standard InChI is InChI=1S/C17H17BrFNO/c1-3-11-7-5-8-12(4-2)16(11)20-17(21)13-9-6-10-14(19)15(13)18/h5-10H,3-4H2,1-2H3,(H,20,21). The second-order valence-corrected chi connectivity index (χ2v) is 5.51. The molecule has 0 atom stereocenters. The lowest BCUT2D eigenvalue weighted by Crippen LogP contribution is -2.15. The molecule has 0 aromatic heterocycles. The minimum atomic E-state index is -0.442. The fourth-order valence-electron chi connectivity index (χ4n) is 2.26. The molecular weight excluding hydrogens is 333 g/mol. The van der Waals surface area contributed by atoms with E-state index in [4.69, 9.17) is 0 Å². The van der Waals surface area contributed by atoms with Gasteiger partial charge in [-0.25, -0.2) is 4.39 Å². The molecule has 0 spiro atoms. The molecule has 0 fully saturated rings. The molecule has 0 aliphatic carbocycles. The van der Waals surface area contributed by atoms with Crippen LogP contribution in [0.15, 0.2) is 40.9 Å². The maximum atomic E-state index is 13.5. The van der Waals surface area contributed by atoms with Gasteiger partial charge in [0.2, 0.25) is 0 Å². The van der Waals surface area contributed by atoms with Crippen LogP contribution in [0.2, 0.25) is 0 Å². The van der Waals surface area contributed by atoms with Crippen LogP contribution in [-0.2, 0) is 12.8 Å². The highest BCUT2D eigenvalue weighted by Crippen LogP contribution is 2.26. The molecule has 2 aromatic carbocycles. The number of hydrogen-bond acceptors (Lipinski definition) is 1. The van der Waals surface area contributed by atoms with Crippen LogP contribution in [-0.4, -0.2) is 5.91 Å². The van der Waals surface area contributed by atoms with Crippen LogP contribution >= 0.6 is 15.9 Å². The van der Waals surface area contributed by atoms with Gasteiger partial charge in [-0.2, -0.15) is 0 Å². The lowest BCUT2D eigenvalue weighted by Gasteiger charge is -2.15. The molecule has 0 saturated carbocycles. The Hall–Kier alpha value is -1.68. The smallest absolute Gasteiger partial charge is 0.256 e. The first-order valence-electron chi connectivity index (χ1n) is 6.94. The third-order valence-electron chi connectivity index (χ3n) is 3.43. The van der Waals surface area contributed by atoms with E-state index in [-0.39, 0.29) is 10.4 Å². The molecule has 4 heteroatoms. The Morgan fingerprint density at radius 2 is 1.67 bits per heavy atom. The van der Waals surface area contributed by atoms with Gasteiger partial charge in [0.25, 0.3) is 5.91 Å². The Bertz CT molecular complexity index is 648. The normalized spacial score (nSPS) is 10.5. The molecule has 110 valence electrons. The maximum absolute atomic E-state index is 13.5. The number of carbonyl (C=O) groups is 1. The summed E-state index contributed by atoms with van der Waals surface area (Å²) in [5.41, 5.74) is 3.29. The first-order valence-corrected chi connectivity index (χ1v) is 7.73. The number of hydrogen-bond donors (Lipinski definition) is 1. The van der Waals surface area contributed by atoms with Crippen LogP contribution in [0.25, 0.3) is 0 Å². The molecule has 2 nitrogen and oxygen atoms in total. The SMILES string of the molecule is CCc1cccc(CC)c1NC(=O)c1cccc(F)c1Br. The van der Waals surface area contributed by atoms with Gasteiger partial charge in [-0.1, -0.05) is 38.1 Å². The van der Waals surface area contributed by atoms with E-state index in [1.54, 1.807) is 6.07 Å². The molecule has 0 saturated heterocycles. The van der Waals surface area contributed by atoms with Crippen molar-refractivity contribution in [2.24, 2.45) is 0 Å². The van der Waals surface area contributed by atoms with Crippen molar-refractivity contribution < 1.29 is 9.18 Å². The second kappa shape index (κ2) is 6.85. The molecule has 0 unspecified atom stereocenters. The molecule has 0 heterocycles. The van der Waals surface area contributed by atoms with Crippen molar-refractivity contribution in [3.05, 3.63) is 63.4 Å². The molecule has 1 N–H and O–H groups in total. The Morgan fingerprint density at radius 3 is 2.24 bits per heavy atom. The Labute approximate surface area is 132 Å². The Kier molecular flexibility index (Phi) is 5.12. The summed E-state index contributed by atoms with van der Waals surface area (Å²) in [5.74, 6) is -0.751. The zero-order valence-corrected chi connectivity index (χ0v) is 13.6. The summed E-state index contributed by atoms with van der Waals surface area (Å²) in [6.07, 6.45) is 1.65. The monoisotopic (exact) mass is 349 g/mol. The second-order valence-electron chi connectivity index (χ2n) is 4.71. The summed E-state index contributed by atoms with van der Waals surface area (Å²) in [4.78, 5) is 12.4. The van der Waals surface area contributed by atoms with Gasteiger partial charge in [-0.05, 0) is 52.0 Å². The molecule has 0 aliphatic rings. The predicted octanol–water partition coefficient (Wildman–Crippen LogP) is 4.97. The third kappa shape index (κ3) is 3.32. The molecule has 21 heavy (non-hydrogen) atoms. The number of amides is 1. The van der Waals surface area contributed by atoms with E-state index < -0.39 is 5.82 Å². The van der Waals surface area contributed by atoms with E-state index in [0.717, 1.165) is 29.7 Å². The Balaban J connectivity index is 2.38. The highest BCUT2D eigenvalue weighted by molar-refractivity contribution is 9.10. The van der Waals surface area contributed by atoms with E-state index >= 15 is 0 Å². The summed E-state index contributed by atoms with van der Waals surface area (Å²) < 4.78 is 13.7. The summed E-state index contributed by atoms with van der Waals surface area (Å²) >= 11 is 3.13. The number of aryl methyl sites for hydroxylation is 2. The number of halogens is 2. The molecule has 2 rings (SSSR count). The van der Waals surface area contributed by atoms with Gasteiger partial charge >= 0.3 is 0 Å². The number of benzene rings is 2. The summed E-state index contributed by atoms with van der Waals surface area (Å²) in [6, 6.07) is 10.4. The van der Waals surface area contributed by atoms with Crippen molar-refractivity contribution >= 4 is 27.5 Å². The highest BCUT2D eigenvalue weighted by Gasteiger charge is 2.15. The van der Waals surface area contributed by atoms with Crippen LogP contribution in [0, 0.1) is 5.82 Å². The molecule has 0 bridgehead atoms. The van der Waals surface area contributed by atoms with Crippen LogP contribution in [0.1, 0.15) is 35.3 Å². The fourth-order valence-corrected chi connectivity index (χ4v) is 2.71. The van der Waals surface area contributed by atoms with Gasteiger partial charge in [-0.15, -0.1) is 0 Å². The summed E-state index contributed by atoms with van der Waals surface area (Å²) in [5, 5.41) is 2.93. The zero-order chi connectivity index (χ0) is 15.4. The summed E-state index contributed by atoms with van der Waals surface area (Å²) in [6.45, 7) is 4.09. The van der Waals surface area contributed by atoms with Gasteiger partial charge < -0.3 is 5.32 Å². The van der Waals surface area contributed by atoms with E-state index in [0.29, 0.717) is 5.56 Å². The summed E-state index contributed by atoms with van der Waals surface area (Å²) in [7, 11) is 0. The lowest BCUT2D eigenvalue weighted by molar-refractivity contribution is 0.102. The van der Waals surface area contributed by atoms with Crippen LogP contribution in [0.3, 0.4) is 0 Å². The van der Waals surface area contributed by atoms with Crippen LogP contribution in [0.4, 0.5) is 10.1 Å². The predicted molar refractivity (Wildman–Crippen MR) is 87.3 cm³/mol. The average Bonchev–Trinajstić information content (AvgIpc) is 2.50. The lowest BCUT2D eigenvalue weighted by atomic mass is 10.0. The van der Waals surface area contributed by atoms with Gasteiger partial charge in [0.05, 0.1) is 10.0 Å². The van der Waals surface area contributed by atoms with E-state index in [1.807, 2.05) is 32.0 Å². The number of carbonyl (C=O) groups excluding carboxylic acids is 1. The quantitative estimate of drug-likeness (QED) is 0.829. The van der Waals surface area contributed by atoms with E-state index in [9.17, 15) is 9.18 Å². The first kappa shape index (κ1) is 15.7. The van der Waals surface area contributed by atoms with Gasteiger partial charge in [0.1, 0.15) is 5.82 Å². The van der Waals surface area contributed by atoms with Gasteiger partial charge in [-0.3, -0.25) is 4.79 Å². The average molecular weight is 350 g/mol. The van der Waals surface area contributed by atoms with Crippen molar-refractivity contribution in [3.63, 3.8) is 0 Å². The van der Waals surface area contributed by atoms with E-state index in [2.05, 4.69) is 21.2 Å². The molecular formula is C17H17BrFNO. The molecule has 0 aliphatic heterocycles. The topological polar surface area (TPSA) is 29.1 Å². The van der Waals surface area contributed by atoms with Crippen molar-refractivity contribution in [1.82, 2.24) is 0 Å². The molecule has 1 amide bonds. The minimum absolute atomic E-state index is 0.189. The van der Waals surface area contributed by atoms with Crippen LogP contribution in [0.5, 0.6) is 0 Å². The van der Waals surface area contributed by atoms with Gasteiger partial charge in [0.15, 0.2) is 0 Å². The van der Waals surface area contributed by atoms with Crippen molar-refractivity contribution in [1.29, 1.82) is 0 Å². The number of rotatable bonds is 4. The molecule has 2 aromatic rings. The van der Waals surface area contributed by atoms with Crippen molar-refractivity contribution in [3.8, 4) is 0 Å². The largest absolute Gasteiger partial charge is 0.321 e. The van der Waals surface area contributed by atoms with Crippen LogP contribution < -0.4 is 5.32 Å². The zero-order valence-electron chi connectivity index (χ0n) is 12.0. The maximum Gasteiger partial charge on any atom is 0.256 e. The number of para-hydroxylation sites is 1. The van der Waals surface area contributed by atoms with Crippen molar-refractivity contribution in [2.75, 3.05) is 5.32 Å².